The van der Waals surface area contributed by atoms with E-state index in [0.717, 1.165) is 0 Å². The highest BCUT2D eigenvalue weighted by Crippen LogP contribution is 2.17. The molecule has 0 fully saturated rings. The van der Waals surface area contributed by atoms with Gasteiger partial charge in [-0.25, -0.2) is 0 Å². The van der Waals surface area contributed by atoms with Crippen LogP contribution in [0.1, 0.15) is 5.56 Å². The molecule has 0 radical (unpaired) electrons. The van der Waals surface area contributed by atoms with Gasteiger partial charge in [-0.1, -0.05) is 12.1 Å². The maximum atomic E-state index is 8.78. The number of nitrogens with zero attached hydrogens (tertiary/aromatic N) is 2. The van der Waals surface area contributed by atoms with Crippen LogP contribution in [0.25, 0.3) is 0 Å². The number of hydrogen-bond donors (Lipinski definition) is 0. The molecule has 0 saturated carbocycles. The summed E-state index contributed by atoms with van der Waals surface area (Å²) >= 11 is 4.96. The molecule has 1 rings (SSSR count). The highest BCUT2D eigenvalue weighted by atomic mass is 32.1. The zero-order valence-electron chi connectivity index (χ0n) is 8.02. The Morgan fingerprint density at radius 1 is 1.43 bits per heavy atom. The number of nitriles is 1. The van der Waals surface area contributed by atoms with E-state index < -0.39 is 0 Å². The van der Waals surface area contributed by atoms with Crippen molar-refractivity contribution in [1.29, 1.82) is 5.26 Å². The van der Waals surface area contributed by atoms with E-state index in [1.165, 1.54) is 0 Å². The normalized spacial score (nSPS) is 8.93. The van der Waals surface area contributed by atoms with Crippen molar-refractivity contribution >= 4 is 17.4 Å². The van der Waals surface area contributed by atoms with E-state index >= 15 is 0 Å². The first kappa shape index (κ1) is 10.5. The van der Waals surface area contributed by atoms with Crippen LogP contribution in [0, 0.1) is 11.3 Å². The lowest BCUT2D eigenvalue weighted by Gasteiger charge is -2.14. The number of ether oxygens (including phenoxy) is 1. The van der Waals surface area contributed by atoms with Crippen LogP contribution < -0.4 is 4.74 Å². The summed E-state index contributed by atoms with van der Waals surface area (Å²) in [5.74, 6) is 0.494. The van der Waals surface area contributed by atoms with E-state index in [2.05, 4.69) is 0 Å². The van der Waals surface area contributed by atoms with Crippen molar-refractivity contribution in [2.45, 2.75) is 0 Å². The van der Waals surface area contributed by atoms with Gasteiger partial charge in [0.15, 0.2) is 0 Å². The van der Waals surface area contributed by atoms with Gasteiger partial charge in [0.1, 0.15) is 11.8 Å². The maximum absolute atomic E-state index is 8.78. The van der Waals surface area contributed by atoms with Crippen molar-refractivity contribution < 1.29 is 4.74 Å². The Hall–Kier alpha value is -1.60. The first-order chi connectivity index (χ1) is 6.65. The van der Waals surface area contributed by atoms with E-state index in [-0.39, 0.29) is 0 Å². The molecule has 0 spiro atoms. The molecule has 0 saturated heterocycles. The molecule has 0 aliphatic carbocycles. The highest BCUT2D eigenvalue weighted by Gasteiger charge is 2.06. The third kappa shape index (κ3) is 2.44. The molecule has 4 heteroatoms. The molecule has 0 atom stereocenters. The molecule has 72 valence electrons. The first-order valence-corrected chi connectivity index (χ1v) is 4.44. The van der Waals surface area contributed by atoms with E-state index in [1.807, 2.05) is 6.07 Å². The van der Waals surface area contributed by atoms with E-state index in [0.29, 0.717) is 16.5 Å². The molecule has 0 bridgehead atoms. The minimum Gasteiger partial charge on any atom is -0.430 e. The molecule has 0 N–H and O–H groups in total. The van der Waals surface area contributed by atoms with Gasteiger partial charge >= 0.3 is 0 Å². The second-order valence-electron chi connectivity index (χ2n) is 2.87. The minimum atomic E-state index is 0.340. The number of para-hydroxylation sites is 1. The summed E-state index contributed by atoms with van der Waals surface area (Å²) in [4.78, 5) is 1.67. The topological polar surface area (TPSA) is 36.3 Å². The van der Waals surface area contributed by atoms with Crippen molar-refractivity contribution in [2.24, 2.45) is 0 Å². The van der Waals surface area contributed by atoms with Gasteiger partial charge in [-0.2, -0.15) is 5.26 Å². The Balaban J connectivity index is 2.87. The molecule has 1 aromatic rings. The highest BCUT2D eigenvalue weighted by molar-refractivity contribution is 7.80. The molecule has 0 heterocycles. The van der Waals surface area contributed by atoms with Crippen LogP contribution in [0.4, 0.5) is 0 Å². The zero-order valence-corrected chi connectivity index (χ0v) is 8.84. The predicted molar refractivity (Wildman–Crippen MR) is 58.1 cm³/mol. The quantitative estimate of drug-likeness (QED) is 0.656. The average molecular weight is 206 g/mol. The fraction of sp³-hybridized carbons (Fsp3) is 0.200. The summed E-state index contributed by atoms with van der Waals surface area (Å²) in [6.07, 6.45) is 0. The van der Waals surface area contributed by atoms with Gasteiger partial charge in [0.25, 0.3) is 5.17 Å². The molecule has 0 aliphatic rings. The molecule has 0 unspecified atom stereocenters. The Morgan fingerprint density at radius 3 is 2.64 bits per heavy atom. The molecule has 0 amide bonds. The fourth-order valence-corrected chi connectivity index (χ4v) is 0.923. The van der Waals surface area contributed by atoms with Gasteiger partial charge in [-0.15, -0.1) is 0 Å². The SMILES string of the molecule is CN(C)C(=S)Oc1ccccc1C#N. The van der Waals surface area contributed by atoms with Gasteiger partial charge in [-0.3, -0.25) is 0 Å². The first-order valence-electron chi connectivity index (χ1n) is 4.03. The molecule has 14 heavy (non-hydrogen) atoms. The van der Waals surface area contributed by atoms with Gasteiger partial charge in [0.2, 0.25) is 0 Å². The standard InChI is InChI=1S/C10H10N2OS/c1-12(2)10(14)13-9-6-4-3-5-8(9)7-11/h3-6H,1-2H3. The van der Waals surface area contributed by atoms with Gasteiger partial charge in [0.05, 0.1) is 5.56 Å². The largest absolute Gasteiger partial charge is 0.430 e. The average Bonchev–Trinajstić information content (AvgIpc) is 2.18. The van der Waals surface area contributed by atoms with Gasteiger partial charge < -0.3 is 9.64 Å². The summed E-state index contributed by atoms with van der Waals surface area (Å²) in [5, 5.41) is 9.12. The molecular weight excluding hydrogens is 196 g/mol. The Morgan fingerprint density at radius 2 is 2.07 bits per heavy atom. The lowest BCUT2D eigenvalue weighted by Crippen LogP contribution is -2.25. The summed E-state index contributed by atoms with van der Waals surface area (Å²) < 4.78 is 5.33. The predicted octanol–water partition coefficient (Wildman–Crippen LogP) is 1.78. The number of thiocarbonyl (C=S) groups is 1. The molecular formula is C10H10N2OS. The van der Waals surface area contributed by atoms with Gasteiger partial charge in [0, 0.05) is 14.1 Å². The van der Waals surface area contributed by atoms with Crippen LogP contribution in [0.15, 0.2) is 24.3 Å². The Labute approximate surface area is 88.5 Å². The van der Waals surface area contributed by atoms with E-state index in [9.17, 15) is 0 Å². The van der Waals surface area contributed by atoms with Crippen molar-refractivity contribution in [3.05, 3.63) is 29.8 Å². The fourth-order valence-electron chi connectivity index (χ4n) is 0.833. The lowest BCUT2D eigenvalue weighted by atomic mass is 10.2. The van der Waals surface area contributed by atoms with Crippen LogP contribution in [-0.4, -0.2) is 24.2 Å². The molecule has 0 aliphatic heterocycles. The lowest BCUT2D eigenvalue weighted by molar-refractivity contribution is 0.448. The second kappa shape index (κ2) is 4.58. The van der Waals surface area contributed by atoms with Crippen LogP contribution in [0.3, 0.4) is 0 Å². The zero-order chi connectivity index (χ0) is 10.6. The van der Waals surface area contributed by atoms with Crippen LogP contribution in [0.5, 0.6) is 5.75 Å². The van der Waals surface area contributed by atoms with Crippen molar-refractivity contribution in [2.75, 3.05) is 14.1 Å². The molecule has 1 aromatic carbocycles. The van der Waals surface area contributed by atoms with E-state index in [1.54, 1.807) is 43.3 Å². The van der Waals surface area contributed by atoms with Gasteiger partial charge in [-0.05, 0) is 24.4 Å². The monoisotopic (exact) mass is 206 g/mol. The Kier molecular flexibility index (Phi) is 3.43. The van der Waals surface area contributed by atoms with Crippen molar-refractivity contribution in [1.82, 2.24) is 4.90 Å². The number of rotatable bonds is 1. The van der Waals surface area contributed by atoms with Crippen LogP contribution >= 0.6 is 12.2 Å². The second-order valence-corrected chi connectivity index (χ2v) is 3.22. The van der Waals surface area contributed by atoms with E-state index in [4.69, 9.17) is 22.2 Å². The van der Waals surface area contributed by atoms with Crippen LogP contribution in [-0.2, 0) is 0 Å². The summed E-state index contributed by atoms with van der Waals surface area (Å²) in [7, 11) is 3.58. The molecule has 3 nitrogen and oxygen atoms in total. The summed E-state index contributed by atoms with van der Waals surface area (Å²) in [6, 6.07) is 9.02. The summed E-state index contributed by atoms with van der Waals surface area (Å²) in [5.41, 5.74) is 0.483. The van der Waals surface area contributed by atoms with Crippen molar-refractivity contribution in [3.8, 4) is 11.8 Å². The third-order valence-electron chi connectivity index (χ3n) is 1.57. The van der Waals surface area contributed by atoms with Crippen LogP contribution in [0.2, 0.25) is 0 Å². The molecule has 0 aromatic heterocycles. The minimum absolute atomic E-state index is 0.340. The van der Waals surface area contributed by atoms with Crippen molar-refractivity contribution in [3.63, 3.8) is 0 Å². The number of benzene rings is 1. The maximum Gasteiger partial charge on any atom is 0.264 e. The smallest absolute Gasteiger partial charge is 0.264 e. The summed E-state index contributed by atoms with van der Waals surface area (Å²) in [6.45, 7) is 0. The third-order valence-corrected chi connectivity index (χ3v) is 2.02. The number of hydrogen-bond acceptors (Lipinski definition) is 3. The Bertz CT molecular complexity index is 382.